The standard InChI is InChI=1S/C11H18N6/c1-4-12-5-7-16(3)10-11-15-14-9(2)17(11)8-6-13-10/h6,8,12H,4-5,7H2,1-3H3. The van der Waals surface area contributed by atoms with Gasteiger partial charge < -0.3 is 10.2 Å². The molecular formula is C11H18N6. The Hall–Kier alpha value is -1.69. The van der Waals surface area contributed by atoms with Gasteiger partial charge in [-0.15, -0.1) is 10.2 Å². The minimum Gasteiger partial charge on any atom is -0.355 e. The van der Waals surface area contributed by atoms with Gasteiger partial charge in [-0.05, 0) is 13.5 Å². The van der Waals surface area contributed by atoms with Crippen LogP contribution in [0.4, 0.5) is 5.82 Å². The van der Waals surface area contributed by atoms with Crippen molar-refractivity contribution in [2.45, 2.75) is 13.8 Å². The van der Waals surface area contributed by atoms with E-state index in [1.54, 1.807) is 6.20 Å². The normalized spacial score (nSPS) is 11.0. The van der Waals surface area contributed by atoms with Crippen LogP contribution >= 0.6 is 0 Å². The lowest BCUT2D eigenvalue weighted by atomic mass is 10.4. The van der Waals surface area contributed by atoms with Gasteiger partial charge in [-0.3, -0.25) is 4.40 Å². The van der Waals surface area contributed by atoms with E-state index in [1.165, 1.54) is 0 Å². The highest BCUT2D eigenvalue weighted by Crippen LogP contribution is 2.15. The lowest BCUT2D eigenvalue weighted by Crippen LogP contribution is -2.29. The first-order chi connectivity index (χ1) is 8.24. The number of hydrogen-bond acceptors (Lipinski definition) is 5. The smallest absolute Gasteiger partial charge is 0.203 e. The molecule has 0 radical (unpaired) electrons. The molecule has 0 aromatic carbocycles. The van der Waals surface area contributed by atoms with Crippen LogP contribution in [0.15, 0.2) is 12.4 Å². The van der Waals surface area contributed by atoms with Gasteiger partial charge in [0.15, 0.2) is 5.82 Å². The van der Waals surface area contributed by atoms with Crippen LogP contribution in [0.25, 0.3) is 5.65 Å². The second kappa shape index (κ2) is 5.09. The molecule has 0 atom stereocenters. The summed E-state index contributed by atoms with van der Waals surface area (Å²) in [5.74, 6) is 1.75. The molecule has 0 aliphatic carbocycles. The third kappa shape index (κ3) is 2.36. The minimum atomic E-state index is 0.809. The van der Waals surface area contributed by atoms with Crippen LogP contribution in [-0.4, -0.2) is 46.3 Å². The molecule has 1 N–H and O–H groups in total. The molecule has 0 bridgehead atoms. The van der Waals surface area contributed by atoms with E-state index in [9.17, 15) is 0 Å². The fourth-order valence-electron chi connectivity index (χ4n) is 1.73. The predicted octanol–water partition coefficient (Wildman–Crippen LogP) is 0.478. The molecule has 92 valence electrons. The van der Waals surface area contributed by atoms with Gasteiger partial charge in [0.05, 0.1) is 0 Å². The summed E-state index contributed by atoms with van der Waals surface area (Å²) in [6, 6.07) is 0. The molecule has 0 amide bonds. The van der Waals surface area contributed by atoms with E-state index >= 15 is 0 Å². The highest BCUT2D eigenvalue weighted by Gasteiger charge is 2.11. The summed E-state index contributed by atoms with van der Waals surface area (Å²) < 4.78 is 1.95. The predicted molar refractivity (Wildman–Crippen MR) is 67.3 cm³/mol. The molecule has 2 rings (SSSR count). The number of anilines is 1. The number of nitrogens with one attached hydrogen (secondary N) is 1. The summed E-state index contributed by atoms with van der Waals surface area (Å²) in [7, 11) is 2.02. The zero-order valence-electron chi connectivity index (χ0n) is 10.5. The largest absolute Gasteiger partial charge is 0.355 e. The summed E-state index contributed by atoms with van der Waals surface area (Å²) >= 11 is 0. The number of aromatic nitrogens is 4. The Bertz CT molecular complexity index is 492. The third-order valence-electron chi connectivity index (χ3n) is 2.71. The van der Waals surface area contributed by atoms with Gasteiger partial charge in [0.1, 0.15) is 5.82 Å². The number of hydrogen-bond donors (Lipinski definition) is 1. The Labute approximate surface area is 101 Å². The highest BCUT2D eigenvalue weighted by molar-refractivity contribution is 5.63. The van der Waals surface area contributed by atoms with Crippen LogP contribution < -0.4 is 10.2 Å². The maximum absolute atomic E-state index is 4.37. The van der Waals surface area contributed by atoms with Crippen molar-refractivity contribution in [1.29, 1.82) is 0 Å². The first-order valence-electron chi connectivity index (χ1n) is 5.82. The number of aryl methyl sites for hydroxylation is 1. The average Bonchev–Trinajstić information content (AvgIpc) is 2.71. The molecule has 6 heteroatoms. The Kier molecular flexibility index (Phi) is 3.53. The molecule has 0 unspecified atom stereocenters. The molecule has 2 aromatic rings. The summed E-state index contributed by atoms with van der Waals surface area (Å²) in [6.07, 6.45) is 3.66. The first-order valence-corrected chi connectivity index (χ1v) is 5.82. The number of likely N-dealkylation sites (N-methyl/N-ethyl adjacent to an activating group) is 2. The van der Waals surface area contributed by atoms with Crippen molar-refractivity contribution in [3.05, 3.63) is 18.2 Å². The van der Waals surface area contributed by atoms with E-state index in [2.05, 4.69) is 32.3 Å². The molecule has 0 aliphatic heterocycles. The molecule has 0 saturated heterocycles. The zero-order valence-corrected chi connectivity index (χ0v) is 10.5. The molecule has 0 spiro atoms. The van der Waals surface area contributed by atoms with Crippen LogP contribution in [0.1, 0.15) is 12.7 Å². The third-order valence-corrected chi connectivity index (χ3v) is 2.71. The van der Waals surface area contributed by atoms with Gasteiger partial charge in [-0.2, -0.15) is 0 Å². The van der Waals surface area contributed by atoms with Gasteiger partial charge in [-0.25, -0.2) is 4.98 Å². The van der Waals surface area contributed by atoms with E-state index < -0.39 is 0 Å². The van der Waals surface area contributed by atoms with E-state index in [0.717, 1.165) is 36.9 Å². The second-order valence-electron chi connectivity index (χ2n) is 3.97. The van der Waals surface area contributed by atoms with Crippen LogP contribution in [0, 0.1) is 6.92 Å². The number of nitrogens with zero attached hydrogens (tertiary/aromatic N) is 5. The van der Waals surface area contributed by atoms with Crippen molar-refractivity contribution >= 4 is 11.5 Å². The van der Waals surface area contributed by atoms with E-state index in [0.29, 0.717) is 0 Å². The van der Waals surface area contributed by atoms with Crippen LogP contribution in [0.5, 0.6) is 0 Å². The van der Waals surface area contributed by atoms with Crippen molar-refractivity contribution in [1.82, 2.24) is 24.9 Å². The second-order valence-corrected chi connectivity index (χ2v) is 3.97. The van der Waals surface area contributed by atoms with Crippen molar-refractivity contribution in [2.75, 3.05) is 31.6 Å². The van der Waals surface area contributed by atoms with E-state index in [1.807, 2.05) is 24.6 Å². The molecule has 6 nitrogen and oxygen atoms in total. The van der Waals surface area contributed by atoms with Crippen LogP contribution in [0.3, 0.4) is 0 Å². The van der Waals surface area contributed by atoms with Gasteiger partial charge in [0.25, 0.3) is 0 Å². The quantitative estimate of drug-likeness (QED) is 0.762. The van der Waals surface area contributed by atoms with E-state index in [-0.39, 0.29) is 0 Å². The zero-order chi connectivity index (χ0) is 12.3. The SMILES string of the molecule is CCNCCN(C)c1nccn2c(C)nnc12. The molecule has 2 aromatic heterocycles. The maximum Gasteiger partial charge on any atom is 0.203 e. The van der Waals surface area contributed by atoms with Crippen molar-refractivity contribution < 1.29 is 0 Å². The monoisotopic (exact) mass is 234 g/mol. The molecule has 17 heavy (non-hydrogen) atoms. The Morgan fingerprint density at radius 2 is 2.24 bits per heavy atom. The van der Waals surface area contributed by atoms with Crippen LogP contribution in [0.2, 0.25) is 0 Å². The summed E-state index contributed by atoms with van der Waals surface area (Å²) in [5, 5.41) is 11.5. The van der Waals surface area contributed by atoms with Gasteiger partial charge in [-0.1, -0.05) is 6.92 Å². The first kappa shape index (κ1) is 11.8. The van der Waals surface area contributed by atoms with Crippen molar-refractivity contribution in [3.8, 4) is 0 Å². The topological polar surface area (TPSA) is 58.4 Å². The highest BCUT2D eigenvalue weighted by atomic mass is 15.3. The molecular weight excluding hydrogens is 216 g/mol. The maximum atomic E-state index is 4.37. The molecule has 0 aliphatic rings. The fraction of sp³-hybridized carbons (Fsp3) is 0.545. The fourth-order valence-corrected chi connectivity index (χ4v) is 1.73. The van der Waals surface area contributed by atoms with Crippen LogP contribution in [-0.2, 0) is 0 Å². The van der Waals surface area contributed by atoms with Gasteiger partial charge in [0, 0.05) is 32.5 Å². The van der Waals surface area contributed by atoms with Gasteiger partial charge >= 0.3 is 0 Å². The number of rotatable bonds is 5. The number of fused-ring (bicyclic) bond motifs is 1. The minimum absolute atomic E-state index is 0.809. The Morgan fingerprint density at radius 3 is 3.00 bits per heavy atom. The van der Waals surface area contributed by atoms with Crippen molar-refractivity contribution in [3.63, 3.8) is 0 Å². The Morgan fingerprint density at radius 1 is 1.41 bits per heavy atom. The average molecular weight is 234 g/mol. The lowest BCUT2D eigenvalue weighted by Gasteiger charge is -2.18. The Balaban J connectivity index is 2.22. The van der Waals surface area contributed by atoms with E-state index in [4.69, 9.17) is 0 Å². The summed E-state index contributed by atoms with van der Waals surface area (Å²) in [4.78, 5) is 6.46. The molecule has 0 fully saturated rings. The lowest BCUT2D eigenvalue weighted by molar-refractivity contribution is 0.702. The van der Waals surface area contributed by atoms with Gasteiger partial charge in [0.2, 0.25) is 5.65 Å². The summed E-state index contributed by atoms with van der Waals surface area (Å²) in [6.45, 7) is 6.84. The molecule has 0 saturated carbocycles. The molecule has 2 heterocycles. The summed E-state index contributed by atoms with van der Waals surface area (Å²) in [5.41, 5.74) is 0.809. The van der Waals surface area contributed by atoms with Crippen molar-refractivity contribution in [2.24, 2.45) is 0 Å².